The summed E-state index contributed by atoms with van der Waals surface area (Å²) in [6.07, 6.45) is 2.90. The Balaban J connectivity index is 1.23. The van der Waals surface area contributed by atoms with Crippen LogP contribution in [0.4, 0.5) is 0 Å². The number of nitrogens with zero attached hydrogens (tertiary/aromatic N) is 3. The van der Waals surface area contributed by atoms with Gasteiger partial charge in [0.05, 0.1) is 27.9 Å². The fourth-order valence-electron chi connectivity index (χ4n) is 10.7. The molecule has 3 aliphatic rings. The molecule has 13 rings (SSSR count). The molecule has 2 heterocycles. The molecule has 0 radical (unpaired) electrons. The number of aromatic nitrogens is 1. The van der Waals surface area contributed by atoms with E-state index in [0.29, 0.717) is 12.4 Å². The number of allylic oxidation sites excluding steroid dienone is 1. The summed E-state index contributed by atoms with van der Waals surface area (Å²) in [6, 6.07) is 71.0. The van der Waals surface area contributed by atoms with Crippen molar-refractivity contribution in [2.75, 3.05) is 0 Å². The van der Waals surface area contributed by atoms with E-state index >= 15 is 0 Å². The first kappa shape index (κ1) is 32.5. The van der Waals surface area contributed by atoms with Gasteiger partial charge in [0.25, 0.3) is 0 Å². The largest absolute Gasteiger partial charge is 0.278 e. The van der Waals surface area contributed by atoms with Crippen molar-refractivity contribution >= 4 is 60.7 Å². The highest BCUT2D eigenvalue weighted by Gasteiger charge is 2.53. The molecular formula is C56H35N3. The molecule has 1 spiro atoms. The molecule has 0 fully saturated rings. The monoisotopic (exact) mass is 749 g/mol. The number of hydrogen-bond acceptors (Lipinski definition) is 2. The van der Waals surface area contributed by atoms with Gasteiger partial charge in [0, 0.05) is 22.8 Å². The molecule has 0 saturated carbocycles. The van der Waals surface area contributed by atoms with Gasteiger partial charge >= 0.3 is 0 Å². The van der Waals surface area contributed by atoms with Crippen LogP contribution in [-0.4, -0.2) is 16.2 Å². The average Bonchev–Trinajstić information content (AvgIpc) is 3.84. The Bertz CT molecular complexity index is 3480. The van der Waals surface area contributed by atoms with Gasteiger partial charge in [-0.3, -0.25) is 4.57 Å². The molecule has 1 aromatic heterocycles. The normalized spacial score (nSPS) is 14.8. The molecule has 10 aromatic rings. The van der Waals surface area contributed by atoms with E-state index in [1.165, 1.54) is 76.8 Å². The Hall–Kier alpha value is -7.62. The summed E-state index contributed by atoms with van der Waals surface area (Å²) in [5.74, 6) is 0.662. The minimum Gasteiger partial charge on any atom is -0.278 e. The van der Waals surface area contributed by atoms with Gasteiger partial charge in [-0.25, -0.2) is 9.98 Å². The quantitative estimate of drug-likeness (QED) is 0.168. The lowest BCUT2D eigenvalue weighted by molar-refractivity contribution is 0.798. The number of para-hydroxylation sites is 1. The third-order valence-electron chi connectivity index (χ3n) is 13.1. The van der Waals surface area contributed by atoms with E-state index < -0.39 is 5.41 Å². The Morgan fingerprint density at radius 3 is 1.81 bits per heavy atom. The lowest BCUT2D eigenvalue weighted by Crippen LogP contribution is -2.27. The van der Waals surface area contributed by atoms with Crippen LogP contribution in [0, 0.1) is 0 Å². The van der Waals surface area contributed by atoms with Gasteiger partial charge in [0.15, 0.2) is 0 Å². The van der Waals surface area contributed by atoms with Crippen molar-refractivity contribution in [3.05, 3.63) is 234 Å². The van der Waals surface area contributed by atoms with Crippen molar-refractivity contribution in [2.45, 2.75) is 11.8 Å². The molecule has 1 aliphatic heterocycles. The van der Waals surface area contributed by atoms with Crippen LogP contribution < -0.4 is 0 Å². The molecule has 0 N–H and O–H groups in total. The van der Waals surface area contributed by atoms with E-state index in [0.717, 1.165) is 33.6 Å². The number of benzene rings is 9. The summed E-state index contributed by atoms with van der Waals surface area (Å²) in [6.45, 7) is 0. The van der Waals surface area contributed by atoms with E-state index in [9.17, 15) is 0 Å². The Morgan fingerprint density at radius 2 is 1.05 bits per heavy atom. The van der Waals surface area contributed by atoms with Gasteiger partial charge in [0.1, 0.15) is 0 Å². The second-order valence-electron chi connectivity index (χ2n) is 16.0. The molecule has 0 amide bonds. The molecule has 59 heavy (non-hydrogen) atoms. The van der Waals surface area contributed by atoms with Crippen LogP contribution in [0.25, 0.3) is 71.3 Å². The summed E-state index contributed by atoms with van der Waals surface area (Å²) in [5.41, 5.74) is 16.1. The Morgan fingerprint density at radius 1 is 0.458 bits per heavy atom. The standard InChI is InChI=1S/C56H35N3/c1-2-17-36(18-3-1)48-32-33-49(38-31-30-35-16-4-5-19-37(35)34-38)58-55(57-48)59-50-29-15-11-25-44(50)52-42-23-7-6-22-41(42)51-43-24-10-14-28-47(43)56(53(51)54(52)59)45-26-12-8-20-39(45)40-21-9-13-27-46(40)56/h1-32,34H,33H2. The zero-order valence-corrected chi connectivity index (χ0v) is 32.1. The first-order valence-corrected chi connectivity index (χ1v) is 20.5. The molecule has 2 aliphatic carbocycles. The minimum absolute atomic E-state index is 0.582. The van der Waals surface area contributed by atoms with Crippen LogP contribution in [0.2, 0.25) is 0 Å². The van der Waals surface area contributed by atoms with E-state index in [-0.39, 0.29) is 0 Å². The molecule has 3 heteroatoms. The first-order valence-electron chi connectivity index (χ1n) is 20.5. The molecule has 0 atom stereocenters. The highest BCUT2D eigenvalue weighted by Crippen LogP contribution is 2.65. The number of aliphatic imine (C=N–C) groups is 2. The number of fused-ring (bicyclic) bond motifs is 18. The highest BCUT2D eigenvalue weighted by atomic mass is 15.2. The Kier molecular flexibility index (Phi) is 6.71. The third-order valence-corrected chi connectivity index (χ3v) is 13.1. The first-order chi connectivity index (χ1) is 29.3. The second kappa shape index (κ2) is 12.2. The predicted molar refractivity (Wildman–Crippen MR) is 246 cm³/mol. The maximum Gasteiger partial charge on any atom is 0.235 e. The minimum atomic E-state index is -0.582. The predicted octanol–water partition coefficient (Wildman–Crippen LogP) is 13.6. The van der Waals surface area contributed by atoms with Crippen LogP contribution in [0.5, 0.6) is 0 Å². The van der Waals surface area contributed by atoms with Crippen molar-refractivity contribution in [1.82, 2.24) is 4.57 Å². The van der Waals surface area contributed by atoms with Crippen LogP contribution in [0.3, 0.4) is 0 Å². The van der Waals surface area contributed by atoms with Crippen molar-refractivity contribution in [3.63, 3.8) is 0 Å². The summed E-state index contributed by atoms with van der Waals surface area (Å²) < 4.78 is 2.41. The topological polar surface area (TPSA) is 29.6 Å². The average molecular weight is 750 g/mol. The van der Waals surface area contributed by atoms with Crippen LogP contribution in [0.1, 0.15) is 39.8 Å². The van der Waals surface area contributed by atoms with E-state index in [1.807, 2.05) is 0 Å². The van der Waals surface area contributed by atoms with Gasteiger partial charge in [0.2, 0.25) is 5.96 Å². The van der Waals surface area contributed by atoms with Gasteiger partial charge in [-0.1, -0.05) is 188 Å². The maximum atomic E-state index is 5.71. The van der Waals surface area contributed by atoms with Gasteiger partial charge < -0.3 is 0 Å². The summed E-state index contributed by atoms with van der Waals surface area (Å²) >= 11 is 0. The molecule has 274 valence electrons. The summed E-state index contributed by atoms with van der Waals surface area (Å²) in [5, 5.41) is 7.32. The molecule has 9 aromatic carbocycles. The van der Waals surface area contributed by atoms with Crippen molar-refractivity contribution in [1.29, 1.82) is 0 Å². The summed E-state index contributed by atoms with van der Waals surface area (Å²) in [4.78, 5) is 11.3. The zero-order valence-electron chi connectivity index (χ0n) is 32.1. The molecule has 0 unspecified atom stereocenters. The third kappa shape index (κ3) is 4.36. The van der Waals surface area contributed by atoms with E-state index in [4.69, 9.17) is 9.98 Å². The smallest absolute Gasteiger partial charge is 0.235 e. The fourth-order valence-corrected chi connectivity index (χ4v) is 10.7. The second-order valence-corrected chi connectivity index (χ2v) is 16.0. The fraction of sp³-hybridized carbons (Fsp3) is 0.0357. The van der Waals surface area contributed by atoms with Crippen molar-refractivity contribution in [2.24, 2.45) is 9.98 Å². The number of hydrogen-bond donors (Lipinski definition) is 0. The maximum absolute atomic E-state index is 5.71. The molecule has 3 nitrogen and oxygen atoms in total. The van der Waals surface area contributed by atoms with Crippen LogP contribution in [0.15, 0.2) is 210 Å². The molecule has 0 saturated heterocycles. The van der Waals surface area contributed by atoms with Gasteiger partial charge in [-0.15, -0.1) is 0 Å². The van der Waals surface area contributed by atoms with Crippen LogP contribution >= 0.6 is 0 Å². The lowest BCUT2D eigenvalue weighted by atomic mass is 9.70. The van der Waals surface area contributed by atoms with Crippen molar-refractivity contribution < 1.29 is 0 Å². The van der Waals surface area contributed by atoms with E-state index in [2.05, 4.69) is 205 Å². The zero-order chi connectivity index (χ0) is 38.7. The Labute approximate surface area is 341 Å². The van der Waals surface area contributed by atoms with Gasteiger partial charge in [-0.05, 0) is 83.7 Å². The van der Waals surface area contributed by atoms with Gasteiger partial charge in [-0.2, -0.15) is 0 Å². The van der Waals surface area contributed by atoms with E-state index in [1.54, 1.807) is 0 Å². The SMILES string of the molecule is C1=C(c2ccccc2)N=C(n2c3ccccc3c3c4ccccc4c4c(c32)C2(c3ccccc3-c3ccccc32)c2ccccc2-4)N=C(c2ccc3ccccc3c2)C1. The summed E-state index contributed by atoms with van der Waals surface area (Å²) in [7, 11) is 0. The van der Waals surface area contributed by atoms with Crippen molar-refractivity contribution in [3.8, 4) is 22.3 Å². The number of rotatable bonds is 2. The molecular weight excluding hydrogens is 715 g/mol. The van der Waals surface area contributed by atoms with Crippen LogP contribution in [-0.2, 0) is 5.41 Å². The molecule has 0 bridgehead atoms. The lowest BCUT2D eigenvalue weighted by Gasteiger charge is -2.31. The highest BCUT2D eigenvalue weighted by molar-refractivity contribution is 6.30.